The minimum absolute atomic E-state index is 0.172. The summed E-state index contributed by atoms with van der Waals surface area (Å²) < 4.78 is 0. The molecule has 0 atom stereocenters. The van der Waals surface area contributed by atoms with Crippen LogP contribution in [0.2, 0.25) is 0 Å². The first-order valence-electron chi connectivity index (χ1n) is 11.8. The molecule has 0 saturated heterocycles. The highest BCUT2D eigenvalue weighted by atomic mass is 16.2. The number of aromatic nitrogens is 1. The molecule has 2 aliphatic rings. The number of rotatable bonds is 5. The summed E-state index contributed by atoms with van der Waals surface area (Å²) in [5.41, 5.74) is 4.97. The van der Waals surface area contributed by atoms with E-state index >= 15 is 0 Å². The number of nitrogens with zero attached hydrogens (tertiary/aromatic N) is 2. The summed E-state index contributed by atoms with van der Waals surface area (Å²) >= 11 is 0. The van der Waals surface area contributed by atoms with Crippen LogP contribution in [-0.4, -0.2) is 28.9 Å². The topological polar surface area (TPSA) is 71.9 Å². The summed E-state index contributed by atoms with van der Waals surface area (Å²) in [7, 11) is 0. The van der Waals surface area contributed by atoms with Crippen molar-refractivity contribution in [3.63, 3.8) is 0 Å². The van der Waals surface area contributed by atoms with E-state index in [1.165, 1.54) is 17.5 Å². The molecule has 2 heterocycles. The molecule has 0 spiro atoms. The third kappa shape index (κ3) is 4.03. The number of nitrogens with one attached hydrogen (secondary N) is 2. The second kappa shape index (κ2) is 8.80. The number of fused-ring (bicyclic) bond motifs is 2. The monoisotopic (exact) mass is 426 g/mol. The highest BCUT2D eigenvalue weighted by Crippen LogP contribution is 2.41. The van der Waals surface area contributed by atoms with E-state index in [0.717, 1.165) is 80.3 Å². The summed E-state index contributed by atoms with van der Waals surface area (Å²) in [5, 5.41) is 13.6. The molecule has 0 unspecified atom stereocenters. The molecule has 32 heavy (non-hydrogen) atoms. The molecule has 1 aliphatic heterocycles. The number of carbonyl (C=O) groups is 1. The van der Waals surface area contributed by atoms with Crippen LogP contribution < -0.4 is 5.32 Å². The van der Waals surface area contributed by atoms with E-state index in [0.29, 0.717) is 0 Å². The van der Waals surface area contributed by atoms with Crippen LogP contribution in [0.15, 0.2) is 48.7 Å². The number of benzene rings is 2. The first kappa shape index (κ1) is 20.8. The van der Waals surface area contributed by atoms with Crippen LogP contribution in [0.5, 0.6) is 0 Å². The fraction of sp³-hybridized carbons (Fsp3) is 0.407. The van der Waals surface area contributed by atoms with E-state index in [-0.39, 0.29) is 11.3 Å². The molecule has 5 nitrogen and oxygen atoms in total. The Balaban J connectivity index is 1.30. The van der Waals surface area contributed by atoms with Crippen molar-refractivity contribution >= 4 is 22.5 Å². The molecule has 1 amide bonds. The number of para-hydroxylation sites is 1. The van der Waals surface area contributed by atoms with E-state index in [4.69, 9.17) is 0 Å². The van der Waals surface area contributed by atoms with Gasteiger partial charge in [-0.3, -0.25) is 9.69 Å². The van der Waals surface area contributed by atoms with Gasteiger partial charge in [0, 0.05) is 30.2 Å². The SMILES string of the molecule is N#Cc1ccc2c(c1)CN(CCC1(C(=O)Nc3c[nH]c4ccccc34)CCCCC1)CC2. The van der Waals surface area contributed by atoms with E-state index in [1.54, 1.807) is 0 Å². The summed E-state index contributed by atoms with van der Waals surface area (Å²) in [6.45, 7) is 2.79. The molecule has 2 aromatic carbocycles. The lowest BCUT2D eigenvalue weighted by molar-refractivity contribution is -0.128. The zero-order chi connectivity index (χ0) is 22.0. The third-order valence-corrected chi connectivity index (χ3v) is 7.46. The maximum atomic E-state index is 13.6. The molecule has 1 aromatic heterocycles. The van der Waals surface area contributed by atoms with Gasteiger partial charge in [-0.15, -0.1) is 0 Å². The highest BCUT2D eigenvalue weighted by Gasteiger charge is 2.39. The number of amides is 1. The minimum atomic E-state index is -0.300. The van der Waals surface area contributed by atoms with E-state index < -0.39 is 0 Å². The van der Waals surface area contributed by atoms with Gasteiger partial charge >= 0.3 is 0 Å². The van der Waals surface area contributed by atoms with Gasteiger partial charge in [-0.1, -0.05) is 43.5 Å². The van der Waals surface area contributed by atoms with Crippen LogP contribution in [-0.2, 0) is 17.8 Å². The number of hydrogen-bond acceptors (Lipinski definition) is 3. The summed E-state index contributed by atoms with van der Waals surface area (Å²) in [5.74, 6) is 0.172. The van der Waals surface area contributed by atoms with Crippen molar-refractivity contribution in [1.82, 2.24) is 9.88 Å². The van der Waals surface area contributed by atoms with Crippen LogP contribution in [0.25, 0.3) is 10.9 Å². The van der Waals surface area contributed by atoms with Crippen LogP contribution >= 0.6 is 0 Å². The van der Waals surface area contributed by atoms with Gasteiger partial charge in [0.1, 0.15) is 0 Å². The van der Waals surface area contributed by atoms with Crippen LogP contribution in [0.4, 0.5) is 5.69 Å². The third-order valence-electron chi connectivity index (χ3n) is 7.46. The Bertz CT molecular complexity index is 1170. The van der Waals surface area contributed by atoms with Gasteiger partial charge in [0.05, 0.1) is 22.7 Å². The standard InChI is InChI=1S/C27H30N4O/c28-17-20-8-9-21-10-14-31(19-22(21)16-20)15-13-27(11-4-1-5-12-27)26(32)30-25-18-29-24-7-3-2-6-23(24)25/h2-3,6-9,16,18,29H,1,4-5,10-15,19H2,(H,30,32). The van der Waals surface area contributed by atoms with Gasteiger partial charge in [0.2, 0.25) is 5.91 Å². The van der Waals surface area contributed by atoms with Crippen LogP contribution in [0, 0.1) is 16.7 Å². The van der Waals surface area contributed by atoms with Crippen molar-refractivity contribution in [3.05, 3.63) is 65.4 Å². The van der Waals surface area contributed by atoms with Gasteiger partial charge < -0.3 is 10.3 Å². The second-order valence-corrected chi connectivity index (χ2v) is 9.41. The number of nitriles is 1. The Hall–Kier alpha value is -3.10. The quantitative estimate of drug-likeness (QED) is 0.576. The number of carbonyl (C=O) groups excluding carboxylic acids is 1. The molecule has 5 heteroatoms. The maximum Gasteiger partial charge on any atom is 0.230 e. The molecular formula is C27H30N4O. The lowest BCUT2D eigenvalue weighted by Crippen LogP contribution is -2.42. The number of H-pyrrole nitrogens is 1. The number of anilines is 1. The summed E-state index contributed by atoms with van der Waals surface area (Å²) in [6.07, 6.45) is 9.19. The lowest BCUT2D eigenvalue weighted by Gasteiger charge is -2.38. The predicted molar refractivity (Wildman–Crippen MR) is 127 cm³/mol. The van der Waals surface area contributed by atoms with E-state index in [9.17, 15) is 10.1 Å². The van der Waals surface area contributed by atoms with Gasteiger partial charge in [-0.05, 0) is 61.6 Å². The van der Waals surface area contributed by atoms with Gasteiger partial charge in [0.25, 0.3) is 0 Å². The predicted octanol–water partition coefficient (Wildman–Crippen LogP) is 5.38. The Morgan fingerprint density at radius 1 is 1.12 bits per heavy atom. The molecule has 0 bridgehead atoms. The molecule has 164 valence electrons. The first-order chi connectivity index (χ1) is 15.7. The lowest BCUT2D eigenvalue weighted by atomic mass is 9.71. The molecular weight excluding hydrogens is 396 g/mol. The van der Waals surface area contributed by atoms with Crippen LogP contribution in [0.3, 0.4) is 0 Å². The molecule has 1 aliphatic carbocycles. The van der Waals surface area contributed by atoms with Crippen molar-refractivity contribution < 1.29 is 4.79 Å². The van der Waals surface area contributed by atoms with E-state index in [2.05, 4.69) is 33.4 Å². The van der Waals surface area contributed by atoms with Gasteiger partial charge in [-0.2, -0.15) is 5.26 Å². The molecule has 1 fully saturated rings. The van der Waals surface area contributed by atoms with Gasteiger partial charge in [0.15, 0.2) is 0 Å². The normalized spacial score (nSPS) is 18.1. The zero-order valence-electron chi connectivity index (χ0n) is 18.5. The molecule has 2 N–H and O–H groups in total. The smallest absolute Gasteiger partial charge is 0.230 e. The van der Waals surface area contributed by atoms with Crippen molar-refractivity contribution in [2.45, 2.75) is 51.5 Å². The van der Waals surface area contributed by atoms with Crippen molar-refractivity contribution in [1.29, 1.82) is 5.26 Å². The molecule has 3 aromatic rings. The average molecular weight is 427 g/mol. The Morgan fingerprint density at radius 3 is 2.81 bits per heavy atom. The van der Waals surface area contributed by atoms with Crippen molar-refractivity contribution in [2.75, 3.05) is 18.4 Å². The maximum absolute atomic E-state index is 13.6. The Kier molecular flexibility index (Phi) is 5.71. The molecule has 5 rings (SSSR count). The highest BCUT2D eigenvalue weighted by molar-refractivity contribution is 6.03. The minimum Gasteiger partial charge on any atom is -0.359 e. The summed E-state index contributed by atoms with van der Waals surface area (Å²) in [6, 6.07) is 16.4. The van der Waals surface area contributed by atoms with E-state index in [1.807, 2.05) is 36.5 Å². The largest absolute Gasteiger partial charge is 0.359 e. The second-order valence-electron chi connectivity index (χ2n) is 9.41. The zero-order valence-corrected chi connectivity index (χ0v) is 18.5. The fourth-order valence-corrected chi connectivity index (χ4v) is 5.50. The van der Waals surface area contributed by atoms with Crippen molar-refractivity contribution in [3.8, 4) is 6.07 Å². The number of aromatic amines is 1. The van der Waals surface area contributed by atoms with Crippen LogP contribution in [0.1, 0.15) is 55.2 Å². The first-order valence-corrected chi connectivity index (χ1v) is 11.8. The summed E-state index contributed by atoms with van der Waals surface area (Å²) in [4.78, 5) is 19.3. The fourth-order valence-electron chi connectivity index (χ4n) is 5.50. The molecule has 1 saturated carbocycles. The molecule has 0 radical (unpaired) electrons. The average Bonchev–Trinajstić information content (AvgIpc) is 3.25. The Labute approximate surface area is 189 Å². The number of hydrogen-bond donors (Lipinski definition) is 2. The Morgan fingerprint density at radius 2 is 1.97 bits per heavy atom. The van der Waals surface area contributed by atoms with Crippen molar-refractivity contribution in [2.24, 2.45) is 5.41 Å². The van der Waals surface area contributed by atoms with Gasteiger partial charge in [-0.25, -0.2) is 0 Å².